The number of primary amides is 1. The highest BCUT2D eigenvalue weighted by Crippen LogP contribution is 2.42. The van der Waals surface area contributed by atoms with Crippen LogP contribution < -0.4 is 32.8 Å². The maximum absolute atomic E-state index is 14.4. The first-order valence-corrected chi connectivity index (χ1v) is 15.5. The van der Waals surface area contributed by atoms with E-state index in [1.807, 2.05) is 13.8 Å². The zero-order valence-corrected chi connectivity index (χ0v) is 26.1. The number of nitrogens with two attached hydrogens (primary N) is 2. The molecular weight excluding hydrogens is 603 g/mol. The van der Waals surface area contributed by atoms with Crippen LogP contribution in [-0.2, 0) is 9.59 Å². The van der Waals surface area contributed by atoms with Gasteiger partial charge in [-0.15, -0.1) is 0 Å². The van der Waals surface area contributed by atoms with Gasteiger partial charge in [-0.3, -0.25) is 19.2 Å². The van der Waals surface area contributed by atoms with Gasteiger partial charge in [0.15, 0.2) is 5.66 Å². The Hall–Kier alpha value is -3.86. The van der Waals surface area contributed by atoms with Crippen LogP contribution in [0.2, 0.25) is 10.0 Å². The van der Waals surface area contributed by atoms with Crippen molar-refractivity contribution in [2.45, 2.75) is 64.1 Å². The number of fused-ring (bicyclic) bond motifs is 2. The highest BCUT2D eigenvalue weighted by Gasteiger charge is 2.51. The molecule has 2 amide bonds. The minimum atomic E-state index is -1.80. The molecule has 44 heavy (non-hydrogen) atoms. The highest BCUT2D eigenvalue weighted by atomic mass is 35.5. The molecule has 2 atom stereocenters. The van der Waals surface area contributed by atoms with Crippen molar-refractivity contribution >= 4 is 67.9 Å². The van der Waals surface area contributed by atoms with E-state index in [1.54, 1.807) is 29.2 Å². The Labute approximate surface area is 264 Å². The number of halogens is 2. The Morgan fingerprint density at radius 3 is 2.09 bits per heavy atom. The van der Waals surface area contributed by atoms with Gasteiger partial charge in [0.1, 0.15) is 6.04 Å². The fourth-order valence-corrected chi connectivity index (χ4v) is 6.83. The van der Waals surface area contributed by atoms with Crippen LogP contribution in [-0.4, -0.2) is 33.5 Å². The number of hydrogen-bond acceptors (Lipinski definition) is 6. The van der Waals surface area contributed by atoms with E-state index in [0.29, 0.717) is 45.8 Å². The number of amides is 2. The van der Waals surface area contributed by atoms with Crippen LogP contribution in [0.3, 0.4) is 0 Å². The Morgan fingerprint density at radius 1 is 0.955 bits per heavy atom. The predicted octanol–water partition coefficient (Wildman–Crippen LogP) is 5.26. The van der Waals surface area contributed by atoms with Crippen LogP contribution in [0.5, 0.6) is 0 Å². The van der Waals surface area contributed by atoms with E-state index in [1.165, 1.54) is 24.5 Å². The van der Waals surface area contributed by atoms with Gasteiger partial charge < -0.3 is 31.7 Å². The van der Waals surface area contributed by atoms with Crippen molar-refractivity contribution in [3.63, 3.8) is 0 Å². The van der Waals surface area contributed by atoms with Crippen molar-refractivity contribution < 1.29 is 9.59 Å². The minimum absolute atomic E-state index is 0.0237. The van der Waals surface area contributed by atoms with Gasteiger partial charge in [0.2, 0.25) is 5.91 Å². The van der Waals surface area contributed by atoms with Gasteiger partial charge in [0.05, 0.1) is 21.4 Å². The van der Waals surface area contributed by atoms with Gasteiger partial charge >= 0.3 is 0 Å². The molecule has 0 bridgehead atoms. The number of nitrogens with one attached hydrogen (secondary N) is 3. The monoisotopic (exact) mass is 638 g/mol. The molecule has 1 aliphatic carbocycles. The molecule has 0 unspecified atom stereocenters. The second-order valence-electron chi connectivity index (χ2n) is 12.0. The molecule has 5 rings (SSSR count). The summed E-state index contributed by atoms with van der Waals surface area (Å²) >= 11 is 13.4. The van der Waals surface area contributed by atoms with E-state index in [9.17, 15) is 19.2 Å². The molecule has 2 aromatic carbocycles. The van der Waals surface area contributed by atoms with Crippen LogP contribution in [0.15, 0.2) is 58.4 Å². The lowest BCUT2D eigenvalue weighted by Gasteiger charge is -2.50. The molecule has 1 aliphatic rings. The summed E-state index contributed by atoms with van der Waals surface area (Å²) in [4.78, 5) is 59.7. The van der Waals surface area contributed by atoms with E-state index in [2.05, 4.69) is 15.3 Å². The molecule has 2 heterocycles. The smallest absolute Gasteiger partial charge is 0.258 e. The molecule has 4 aromatic rings. The van der Waals surface area contributed by atoms with Gasteiger partial charge in [-0.05, 0) is 72.4 Å². The molecule has 1 fully saturated rings. The molecular formula is C32H36Cl2N6O4. The lowest BCUT2D eigenvalue weighted by atomic mass is 9.77. The number of benzene rings is 2. The zero-order valence-electron chi connectivity index (χ0n) is 24.6. The normalized spacial score (nSPS) is 16.1. The summed E-state index contributed by atoms with van der Waals surface area (Å²) in [5, 5.41) is 5.10. The summed E-state index contributed by atoms with van der Waals surface area (Å²) in [5.74, 6) is -1.66. The van der Waals surface area contributed by atoms with Gasteiger partial charge in [0.25, 0.3) is 17.0 Å². The first kappa shape index (κ1) is 31.6. The van der Waals surface area contributed by atoms with Crippen molar-refractivity contribution in [1.82, 2.24) is 9.97 Å². The lowest BCUT2D eigenvalue weighted by molar-refractivity contribution is -0.126. The predicted molar refractivity (Wildman–Crippen MR) is 176 cm³/mol. The van der Waals surface area contributed by atoms with Gasteiger partial charge in [-0.1, -0.05) is 56.3 Å². The highest BCUT2D eigenvalue weighted by molar-refractivity contribution is 6.35. The molecule has 12 heteroatoms. The second kappa shape index (κ2) is 12.6. The quantitative estimate of drug-likeness (QED) is 0.157. The standard InChI is InChI=1S/C32H36Cl2N6O4/c1-17(2)12-27(30(43)39-25-13-18-8-10-37-28(41)21(18)15-23(25)33)40(32(36,31(35)44)20-6-4-3-5-7-20)26-14-19-9-11-38-29(42)22(19)16-24(26)34/h8-11,13-17,20,27H,3-7,12,36H2,1-2H3,(H2,35,44)(H,37,41)(H,38,42)(H,39,43)/t27-,32-/m0/s1. The third-order valence-corrected chi connectivity index (χ3v) is 9.16. The molecule has 0 saturated heterocycles. The fourth-order valence-electron chi connectivity index (χ4n) is 6.36. The van der Waals surface area contributed by atoms with Crippen molar-refractivity contribution in [3.05, 3.63) is 79.5 Å². The Morgan fingerprint density at radius 2 is 1.52 bits per heavy atom. The average molecular weight is 640 g/mol. The van der Waals surface area contributed by atoms with E-state index < -0.39 is 23.5 Å². The van der Waals surface area contributed by atoms with E-state index in [-0.39, 0.29) is 39.4 Å². The third-order valence-electron chi connectivity index (χ3n) is 8.55. The number of pyridine rings is 2. The van der Waals surface area contributed by atoms with Crippen molar-refractivity contribution in [1.29, 1.82) is 0 Å². The molecule has 232 valence electrons. The van der Waals surface area contributed by atoms with Crippen LogP contribution in [0, 0.1) is 11.8 Å². The first-order valence-electron chi connectivity index (χ1n) is 14.7. The topological polar surface area (TPSA) is 167 Å². The molecule has 0 aliphatic heterocycles. The summed E-state index contributed by atoms with van der Waals surface area (Å²) in [6.45, 7) is 3.91. The van der Waals surface area contributed by atoms with Crippen molar-refractivity contribution in [2.24, 2.45) is 23.3 Å². The van der Waals surface area contributed by atoms with E-state index in [4.69, 9.17) is 34.7 Å². The summed E-state index contributed by atoms with van der Waals surface area (Å²) in [5.41, 5.74) is 11.5. The Kier molecular flexibility index (Phi) is 9.06. The first-order chi connectivity index (χ1) is 20.9. The van der Waals surface area contributed by atoms with Crippen LogP contribution in [0.4, 0.5) is 11.4 Å². The Balaban J connectivity index is 1.70. The van der Waals surface area contributed by atoms with Gasteiger partial charge in [0, 0.05) is 29.1 Å². The molecule has 1 saturated carbocycles. The minimum Gasteiger partial charge on any atom is -0.366 e. The number of aromatic amines is 2. The molecule has 2 aromatic heterocycles. The van der Waals surface area contributed by atoms with Crippen molar-refractivity contribution in [2.75, 3.05) is 10.2 Å². The number of H-pyrrole nitrogens is 2. The maximum Gasteiger partial charge on any atom is 0.258 e. The maximum atomic E-state index is 14.4. The summed E-state index contributed by atoms with van der Waals surface area (Å²) < 4.78 is 0. The lowest BCUT2D eigenvalue weighted by Crippen LogP contribution is -2.72. The molecule has 0 spiro atoms. The van der Waals surface area contributed by atoms with Crippen LogP contribution >= 0.6 is 23.2 Å². The number of anilines is 2. The van der Waals surface area contributed by atoms with Crippen LogP contribution in [0.25, 0.3) is 21.5 Å². The van der Waals surface area contributed by atoms with Crippen molar-refractivity contribution in [3.8, 4) is 0 Å². The fraction of sp³-hybridized carbons (Fsp3) is 0.375. The second-order valence-corrected chi connectivity index (χ2v) is 12.8. The summed E-state index contributed by atoms with van der Waals surface area (Å²) in [6.07, 6.45) is 7.31. The van der Waals surface area contributed by atoms with E-state index >= 15 is 0 Å². The van der Waals surface area contributed by atoms with Gasteiger partial charge in [-0.25, -0.2) is 0 Å². The number of carbonyl (C=O) groups is 2. The molecule has 10 nitrogen and oxygen atoms in total. The number of nitrogens with zero attached hydrogens (tertiary/aromatic N) is 1. The largest absolute Gasteiger partial charge is 0.366 e. The summed E-state index contributed by atoms with van der Waals surface area (Å²) in [7, 11) is 0. The number of carbonyl (C=O) groups excluding carboxylic acids is 2. The number of rotatable bonds is 9. The van der Waals surface area contributed by atoms with Gasteiger partial charge in [-0.2, -0.15) is 0 Å². The van der Waals surface area contributed by atoms with Crippen LogP contribution in [0.1, 0.15) is 52.4 Å². The zero-order chi connectivity index (χ0) is 31.8. The average Bonchev–Trinajstić information content (AvgIpc) is 2.98. The molecule has 7 N–H and O–H groups in total. The third kappa shape index (κ3) is 5.94. The number of aromatic nitrogens is 2. The summed E-state index contributed by atoms with van der Waals surface area (Å²) in [6, 6.07) is 8.71. The number of hydrogen-bond donors (Lipinski definition) is 5. The van der Waals surface area contributed by atoms with E-state index in [0.717, 1.165) is 19.3 Å². The SMILES string of the molecule is CC(C)C[C@@H](C(=O)Nc1cc2cc[nH]c(=O)c2cc1Cl)N(c1cc2cc[nH]c(=O)c2cc1Cl)[C@](N)(C(N)=O)C1CCCCC1. The molecule has 0 radical (unpaired) electrons. The Bertz CT molecular complexity index is 1850.